The van der Waals surface area contributed by atoms with Gasteiger partial charge < -0.3 is 19.8 Å². The van der Waals surface area contributed by atoms with E-state index in [2.05, 4.69) is 43.5 Å². The molecule has 0 aromatic rings. The van der Waals surface area contributed by atoms with E-state index in [1.165, 1.54) is 122 Å². The highest BCUT2D eigenvalue weighted by atomic mass is 31.2. The minimum Gasteiger partial charge on any atom is -0.387 e. The summed E-state index contributed by atoms with van der Waals surface area (Å²) in [6, 6.07) is -0.840. The smallest absolute Gasteiger partial charge is 0.387 e. The van der Waals surface area contributed by atoms with Gasteiger partial charge in [0.05, 0.1) is 39.9 Å². The number of likely N-dealkylation sites (N-methyl/N-ethyl adjacent to an activating group) is 1. The molecule has 0 aliphatic rings. The van der Waals surface area contributed by atoms with E-state index < -0.39 is 20.0 Å². The normalized spacial score (nSPS) is 14.8. The van der Waals surface area contributed by atoms with E-state index in [1.54, 1.807) is 6.08 Å². The van der Waals surface area contributed by atoms with Crippen LogP contribution in [-0.2, 0) is 18.4 Å². The molecule has 0 aromatic heterocycles. The number of quaternary nitrogens is 1. The van der Waals surface area contributed by atoms with Crippen molar-refractivity contribution < 1.29 is 32.9 Å². The fourth-order valence-electron chi connectivity index (χ4n) is 6.06. The second-order valence-electron chi connectivity index (χ2n) is 16.1. The fraction of sp³-hybridized carbons (Fsp3) is 0.841. The van der Waals surface area contributed by atoms with Gasteiger partial charge in [0.1, 0.15) is 13.2 Å². The first-order valence-corrected chi connectivity index (χ1v) is 23.4. The lowest BCUT2D eigenvalue weighted by Gasteiger charge is -2.25. The molecular weight excluding hydrogens is 683 g/mol. The Hall–Kier alpha value is -1.28. The van der Waals surface area contributed by atoms with Gasteiger partial charge in [-0.3, -0.25) is 13.8 Å². The maximum atomic E-state index is 12.7. The van der Waals surface area contributed by atoms with Gasteiger partial charge in [-0.2, -0.15) is 0 Å². The number of amides is 1. The molecule has 0 radical (unpaired) electrons. The van der Waals surface area contributed by atoms with E-state index in [9.17, 15) is 19.4 Å². The molecule has 0 bridgehead atoms. The summed E-state index contributed by atoms with van der Waals surface area (Å²) in [5.74, 6) is -0.187. The number of phosphoric acid groups is 1. The van der Waals surface area contributed by atoms with Crippen LogP contribution in [0, 0.1) is 0 Å². The summed E-state index contributed by atoms with van der Waals surface area (Å²) < 4.78 is 23.3. The van der Waals surface area contributed by atoms with E-state index in [4.69, 9.17) is 9.05 Å². The second kappa shape index (κ2) is 36.4. The molecule has 0 aliphatic carbocycles. The van der Waals surface area contributed by atoms with Crippen LogP contribution in [-0.4, -0.2) is 73.4 Å². The van der Waals surface area contributed by atoms with Crippen molar-refractivity contribution in [3.8, 4) is 0 Å². The first-order chi connectivity index (χ1) is 25.5. The molecule has 0 rings (SSSR count). The number of hydrogen-bond acceptors (Lipinski definition) is 5. The minimum absolute atomic E-state index is 0.0603. The number of nitrogens with zero attached hydrogens (tertiary/aromatic N) is 1. The predicted octanol–water partition coefficient (Wildman–Crippen LogP) is 11.9. The summed E-state index contributed by atoms with van der Waals surface area (Å²) in [6.45, 7) is 4.64. The first kappa shape index (κ1) is 51.7. The maximum absolute atomic E-state index is 12.7. The van der Waals surface area contributed by atoms with Crippen molar-refractivity contribution in [1.29, 1.82) is 0 Å². The van der Waals surface area contributed by atoms with Gasteiger partial charge in [-0.25, -0.2) is 4.57 Å². The Bertz CT molecular complexity index is 964. The minimum atomic E-state index is -4.31. The number of nitrogens with one attached hydrogen (secondary N) is 1. The van der Waals surface area contributed by atoms with Crippen LogP contribution in [0.3, 0.4) is 0 Å². The molecule has 3 unspecified atom stereocenters. The average Bonchev–Trinajstić information content (AvgIpc) is 3.10. The van der Waals surface area contributed by atoms with Crippen LogP contribution < -0.4 is 5.32 Å². The SMILES string of the molecule is CCCC/C=C/C(O)C(COP(=O)(O)OCC[N+](C)(C)C)NC(=O)CCCCCCCCCCCCCCCCC/C=C\C/C=C\CCCCCCC. The molecule has 9 heteroatoms. The van der Waals surface area contributed by atoms with Crippen LogP contribution in [0.5, 0.6) is 0 Å². The van der Waals surface area contributed by atoms with E-state index in [0.29, 0.717) is 17.4 Å². The Morgan fingerprint density at radius 1 is 0.642 bits per heavy atom. The zero-order chi connectivity index (χ0) is 39.3. The maximum Gasteiger partial charge on any atom is 0.472 e. The third-order valence-electron chi connectivity index (χ3n) is 9.60. The quantitative estimate of drug-likeness (QED) is 0.0249. The highest BCUT2D eigenvalue weighted by Gasteiger charge is 2.27. The highest BCUT2D eigenvalue weighted by molar-refractivity contribution is 7.47. The number of phosphoric ester groups is 1. The number of carbonyl (C=O) groups excluding carboxylic acids is 1. The molecule has 0 saturated heterocycles. The van der Waals surface area contributed by atoms with Crippen LogP contribution in [0.25, 0.3) is 0 Å². The van der Waals surface area contributed by atoms with Crippen LogP contribution in [0.15, 0.2) is 36.5 Å². The van der Waals surface area contributed by atoms with E-state index in [1.807, 2.05) is 27.2 Å². The second-order valence-corrected chi connectivity index (χ2v) is 17.5. The zero-order valence-electron chi connectivity index (χ0n) is 35.3. The van der Waals surface area contributed by atoms with Gasteiger partial charge in [0.15, 0.2) is 0 Å². The van der Waals surface area contributed by atoms with Crippen LogP contribution in [0.4, 0.5) is 0 Å². The Labute approximate surface area is 327 Å². The molecule has 0 heterocycles. The zero-order valence-corrected chi connectivity index (χ0v) is 36.1. The van der Waals surface area contributed by atoms with Gasteiger partial charge in [-0.15, -0.1) is 0 Å². The number of carbonyl (C=O) groups is 1. The monoisotopic (exact) mass is 770 g/mol. The summed E-state index contributed by atoms with van der Waals surface area (Å²) in [5, 5.41) is 13.5. The van der Waals surface area contributed by atoms with Crippen molar-refractivity contribution in [2.24, 2.45) is 0 Å². The third-order valence-corrected chi connectivity index (χ3v) is 10.6. The molecule has 0 saturated carbocycles. The van der Waals surface area contributed by atoms with E-state index >= 15 is 0 Å². The van der Waals surface area contributed by atoms with Crippen molar-refractivity contribution in [3.05, 3.63) is 36.5 Å². The van der Waals surface area contributed by atoms with Gasteiger partial charge >= 0.3 is 7.82 Å². The molecule has 3 N–H and O–H groups in total. The van der Waals surface area contributed by atoms with Crippen LogP contribution in [0.1, 0.15) is 187 Å². The van der Waals surface area contributed by atoms with Crippen molar-refractivity contribution >= 4 is 13.7 Å². The number of hydrogen-bond donors (Lipinski definition) is 3. The molecule has 0 aromatic carbocycles. The van der Waals surface area contributed by atoms with Crippen molar-refractivity contribution in [2.45, 2.75) is 199 Å². The number of rotatable bonds is 39. The Morgan fingerprint density at radius 3 is 1.58 bits per heavy atom. The van der Waals surface area contributed by atoms with Gasteiger partial charge in [0.25, 0.3) is 0 Å². The molecule has 53 heavy (non-hydrogen) atoms. The van der Waals surface area contributed by atoms with Crippen molar-refractivity contribution in [2.75, 3.05) is 40.9 Å². The summed E-state index contributed by atoms with van der Waals surface area (Å²) in [6.07, 6.45) is 44.3. The topological polar surface area (TPSA) is 105 Å². The molecular formula is C44H86N2O6P+. The van der Waals surface area contributed by atoms with Crippen LogP contribution in [0.2, 0.25) is 0 Å². The van der Waals surface area contributed by atoms with E-state index in [-0.39, 0.29) is 19.1 Å². The molecule has 1 amide bonds. The Balaban J connectivity index is 3.90. The van der Waals surface area contributed by atoms with Gasteiger partial charge in [0, 0.05) is 6.42 Å². The number of allylic oxidation sites excluding steroid dienone is 5. The lowest BCUT2D eigenvalue weighted by molar-refractivity contribution is -0.870. The molecule has 3 atom stereocenters. The third kappa shape index (κ3) is 38.8. The van der Waals surface area contributed by atoms with Crippen LogP contribution >= 0.6 is 7.82 Å². The van der Waals surface area contributed by atoms with Gasteiger partial charge in [0.2, 0.25) is 5.91 Å². The summed E-state index contributed by atoms with van der Waals surface area (Å²) in [5.41, 5.74) is 0. The average molecular weight is 770 g/mol. The first-order valence-electron chi connectivity index (χ1n) is 21.9. The molecule has 312 valence electrons. The fourth-order valence-corrected chi connectivity index (χ4v) is 6.79. The summed E-state index contributed by atoms with van der Waals surface area (Å²) in [7, 11) is 1.56. The lowest BCUT2D eigenvalue weighted by atomic mass is 10.0. The number of unbranched alkanes of at least 4 members (excludes halogenated alkanes) is 22. The van der Waals surface area contributed by atoms with Gasteiger partial charge in [-0.05, 0) is 44.9 Å². The molecule has 0 fully saturated rings. The van der Waals surface area contributed by atoms with Crippen molar-refractivity contribution in [1.82, 2.24) is 5.32 Å². The van der Waals surface area contributed by atoms with E-state index in [0.717, 1.165) is 44.9 Å². The summed E-state index contributed by atoms with van der Waals surface area (Å²) >= 11 is 0. The molecule has 0 spiro atoms. The van der Waals surface area contributed by atoms with Crippen molar-refractivity contribution in [3.63, 3.8) is 0 Å². The standard InChI is InChI=1S/C44H85N2O6P/c1-6-8-10-12-13-14-15-16-17-18-19-20-21-22-23-24-25-26-27-28-29-30-31-32-33-34-36-38-44(48)45-42(43(47)37-35-11-9-7-2)41-52-53(49,50)51-40-39-46(3,4)5/h15-16,18-19,35,37,42-43,47H,6-14,17,20-34,36,38-41H2,1-5H3,(H-,45,48,49,50)/p+1/b16-15-,19-18-,37-35+. The largest absolute Gasteiger partial charge is 0.472 e. The lowest BCUT2D eigenvalue weighted by Crippen LogP contribution is -2.45. The summed E-state index contributed by atoms with van der Waals surface area (Å²) in [4.78, 5) is 22.8. The highest BCUT2D eigenvalue weighted by Crippen LogP contribution is 2.43. The molecule has 8 nitrogen and oxygen atoms in total. The van der Waals surface area contributed by atoms with Gasteiger partial charge in [-0.1, -0.05) is 172 Å². The Kier molecular flexibility index (Phi) is 35.5. The predicted molar refractivity (Wildman–Crippen MR) is 226 cm³/mol. The molecule has 0 aliphatic heterocycles. The number of aliphatic hydroxyl groups excluding tert-OH is 1. The Morgan fingerprint density at radius 2 is 1.09 bits per heavy atom. The number of aliphatic hydroxyl groups is 1.